The van der Waals surface area contributed by atoms with Crippen LogP contribution in [0.5, 0.6) is 11.5 Å². The molecule has 4 heterocycles. The molecule has 0 unspecified atom stereocenters. The zero-order valence-electron chi connectivity index (χ0n) is 26.2. The summed E-state index contributed by atoms with van der Waals surface area (Å²) in [6, 6.07) is 7.03. The number of carbonyl (C=O) groups is 1. The average molecular weight is 696 g/mol. The van der Waals surface area contributed by atoms with Crippen molar-refractivity contribution < 1.29 is 42.4 Å². The van der Waals surface area contributed by atoms with E-state index < -0.39 is 41.4 Å². The molecule has 0 saturated carbocycles. The lowest BCUT2D eigenvalue weighted by Gasteiger charge is -2.44. The highest BCUT2D eigenvalue weighted by Gasteiger charge is 2.43. The third-order valence-electron chi connectivity index (χ3n) is 8.40. The lowest BCUT2D eigenvalue weighted by Crippen LogP contribution is -2.63. The Morgan fingerprint density at radius 2 is 1.90 bits per heavy atom. The van der Waals surface area contributed by atoms with Crippen molar-refractivity contribution in [3.63, 3.8) is 0 Å². The Kier molecular flexibility index (Phi) is 9.31. The summed E-state index contributed by atoms with van der Waals surface area (Å²) in [6.45, 7) is 0.262. The van der Waals surface area contributed by atoms with Gasteiger partial charge in [0.2, 0.25) is 5.82 Å². The van der Waals surface area contributed by atoms with Gasteiger partial charge in [0.1, 0.15) is 29.6 Å². The number of methoxy groups -OCH3 is 1. The first-order chi connectivity index (χ1) is 23.9. The first-order valence-electron chi connectivity index (χ1n) is 15.0. The van der Waals surface area contributed by atoms with Crippen molar-refractivity contribution in [1.29, 1.82) is 0 Å². The summed E-state index contributed by atoms with van der Waals surface area (Å²) in [5, 5.41) is 37.5. The van der Waals surface area contributed by atoms with E-state index in [-0.39, 0.29) is 59.1 Å². The smallest absolute Gasteiger partial charge is 0.339 e. The van der Waals surface area contributed by atoms with Crippen LogP contribution in [0.4, 0.5) is 34.8 Å². The molecular weight excluding hydrogens is 666 g/mol. The highest BCUT2D eigenvalue weighted by molar-refractivity contribution is 5.91. The van der Waals surface area contributed by atoms with E-state index in [1.807, 2.05) is 0 Å². The van der Waals surface area contributed by atoms with Crippen LogP contribution in [0.15, 0.2) is 65.5 Å². The van der Waals surface area contributed by atoms with Crippen LogP contribution in [0.2, 0.25) is 0 Å². The summed E-state index contributed by atoms with van der Waals surface area (Å²) in [7, 11) is 1.21. The van der Waals surface area contributed by atoms with Crippen molar-refractivity contribution in [1.82, 2.24) is 24.5 Å². The molecule has 6 rings (SSSR count). The molecule has 3 aromatic heterocycles. The SMILES string of the molecule is COc1cc(F)c(-c2cc(Cn3cnc4c(N=Nc5ccc(C(=O)O)c(O)c5)ncnc43)c(N3CCC[C@](N)([C@H](O)C(F)F)C3)cn2)cc1F. The van der Waals surface area contributed by atoms with Crippen LogP contribution in [-0.2, 0) is 6.54 Å². The topological polar surface area (TPSA) is 197 Å². The molecule has 0 amide bonds. The van der Waals surface area contributed by atoms with E-state index in [1.54, 1.807) is 9.47 Å². The fourth-order valence-corrected chi connectivity index (χ4v) is 5.85. The van der Waals surface area contributed by atoms with Crippen LogP contribution >= 0.6 is 0 Å². The minimum atomic E-state index is -3.06. The van der Waals surface area contributed by atoms with E-state index in [2.05, 4.69) is 30.2 Å². The van der Waals surface area contributed by atoms with Gasteiger partial charge >= 0.3 is 5.97 Å². The molecule has 2 atom stereocenters. The van der Waals surface area contributed by atoms with Crippen molar-refractivity contribution in [3.05, 3.63) is 78.0 Å². The summed E-state index contributed by atoms with van der Waals surface area (Å²) in [6.07, 6.45) is -0.557. The Morgan fingerprint density at radius 3 is 2.62 bits per heavy atom. The average Bonchev–Trinajstić information content (AvgIpc) is 3.50. The second-order valence-electron chi connectivity index (χ2n) is 11.7. The number of aliphatic hydroxyl groups excluding tert-OH is 1. The van der Waals surface area contributed by atoms with Gasteiger partial charge in [-0.25, -0.2) is 37.3 Å². The number of fused-ring (bicyclic) bond motifs is 1. The van der Waals surface area contributed by atoms with Gasteiger partial charge in [-0.1, -0.05) is 0 Å². The highest BCUT2D eigenvalue weighted by atomic mass is 19.3. The number of aromatic hydroxyl groups is 1. The number of aromatic carboxylic acids is 1. The molecule has 50 heavy (non-hydrogen) atoms. The summed E-state index contributed by atoms with van der Waals surface area (Å²) >= 11 is 0. The predicted octanol–water partition coefficient (Wildman–Crippen LogP) is 4.97. The number of aromatic nitrogens is 5. The molecule has 2 aromatic carbocycles. The molecule has 1 aliphatic rings. The normalized spacial score (nSPS) is 17.2. The number of azo groups is 1. The van der Waals surface area contributed by atoms with Crippen molar-refractivity contribution in [2.45, 2.75) is 37.5 Å². The number of rotatable bonds is 10. The number of benzene rings is 2. The van der Waals surface area contributed by atoms with Crippen LogP contribution in [0.1, 0.15) is 28.8 Å². The number of hydrogen-bond acceptors (Lipinski definition) is 12. The molecule has 0 radical (unpaired) electrons. The van der Waals surface area contributed by atoms with Crippen LogP contribution < -0.4 is 15.4 Å². The molecule has 14 nitrogen and oxygen atoms in total. The number of halogens is 4. The molecule has 1 aliphatic heterocycles. The maximum Gasteiger partial charge on any atom is 0.339 e. The van der Waals surface area contributed by atoms with Gasteiger partial charge in [-0.3, -0.25) is 4.98 Å². The van der Waals surface area contributed by atoms with E-state index in [0.29, 0.717) is 29.9 Å². The number of nitrogens with two attached hydrogens (primary N) is 1. The molecule has 5 aromatic rings. The maximum absolute atomic E-state index is 15.2. The molecule has 0 bridgehead atoms. The molecule has 1 saturated heterocycles. The number of anilines is 1. The Hall–Kier alpha value is -5.75. The lowest BCUT2D eigenvalue weighted by atomic mass is 9.84. The Balaban J connectivity index is 1.39. The number of ether oxygens (including phenoxy) is 1. The van der Waals surface area contributed by atoms with Gasteiger partial charge in [-0.15, -0.1) is 10.2 Å². The zero-order chi connectivity index (χ0) is 35.7. The van der Waals surface area contributed by atoms with E-state index in [9.17, 15) is 28.2 Å². The van der Waals surface area contributed by atoms with Crippen LogP contribution in [0.25, 0.3) is 22.4 Å². The van der Waals surface area contributed by atoms with E-state index in [0.717, 1.165) is 18.2 Å². The van der Waals surface area contributed by atoms with Crippen LogP contribution in [0.3, 0.4) is 0 Å². The molecule has 5 N–H and O–H groups in total. The van der Waals surface area contributed by atoms with Crippen LogP contribution in [-0.4, -0.2) is 84.1 Å². The number of phenols is 1. The van der Waals surface area contributed by atoms with Gasteiger partial charge in [0.15, 0.2) is 22.7 Å². The van der Waals surface area contributed by atoms with Gasteiger partial charge in [-0.2, -0.15) is 0 Å². The van der Waals surface area contributed by atoms with E-state index >= 15 is 4.39 Å². The van der Waals surface area contributed by atoms with Crippen molar-refractivity contribution in [3.8, 4) is 22.8 Å². The van der Waals surface area contributed by atoms with E-state index in [1.165, 1.54) is 44.2 Å². The third kappa shape index (κ3) is 6.61. The van der Waals surface area contributed by atoms with Crippen molar-refractivity contribution in [2.75, 3.05) is 25.1 Å². The Bertz CT molecular complexity index is 2110. The predicted molar refractivity (Wildman–Crippen MR) is 170 cm³/mol. The van der Waals surface area contributed by atoms with Crippen LogP contribution in [0, 0.1) is 11.6 Å². The largest absolute Gasteiger partial charge is 0.507 e. The minimum absolute atomic E-state index is 0.0190. The number of piperidine rings is 1. The third-order valence-corrected chi connectivity index (χ3v) is 8.40. The van der Waals surface area contributed by atoms with Crippen molar-refractivity contribution in [2.24, 2.45) is 16.0 Å². The summed E-state index contributed by atoms with van der Waals surface area (Å²) in [4.78, 5) is 30.1. The van der Waals surface area contributed by atoms with Gasteiger partial charge in [0, 0.05) is 30.8 Å². The first kappa shape index (κ1) is 34.1. The summed E-state index contributed by atoms with van der Waals surface area (Å²) < 4.78 is 63.5. The molecule has 18 heteroatoms. The number of aliphatic hydroxyl groups is 1. The number of carboxylic acid groups (broad SMARTS) is 1. The number of hydrogen-bond donors (Lipinski definition) is 4. The quantitative estimate of drug-likeness (QED) is 0.114. The second kappa shape index (κ2) is 13.6. The van der Waals surface area contributed by atoms with Gasteiger partial charge in [0.25, 0.3) is 6.43 Å². The van der Waals surface area contributed by atoms with Gasteiger partial charge < -0.3 is 35.3 Å². The zero-order valence-corrected chi connectivity index (χ0v) is 26.2. The summed E-state index contributed by atoms with van der Waals surface area (Å²) in [5.74, 6) is -3.66. The lowest BCUT2D eigenvalue weighted by molar-refractivity contribution is -0.0529. The molecule has 0 aliphatic carbocycles. The second-order valence-corrected chi connectivity index (χ2v) is 11.7. The number of alkyl halides is 2. The monoisotopic (exact) mass is 695 g/mol. The fraction of sp³-hybridized carbons (Fsp3) is 0.281. The number of nitrogens with zero attached hydrogens (tertiary/aromatic N) is 8. The molecular formula is C32H29F4N9O5. The number of imidazole rings is 1. The molecule has 260 valence electrons. The Labute approximate surface area is 280 Å². The summed E-state index contributed by atoms with van der Waals surface area (Å²) in [5.41, 5.74) is 5.87. The van der Waals surface area contributed by atoms with Gasteiger partial charge in [0.05, 0.1) is 48.8 Å². The number of pyridine rings is 1. The first-order valence-corrected chi connectivity index (χ1v) is 15.0. The highest BCUT2D eigenvalue weighted by Crippen LogP contribution is 2.35. The molecule has 0 spiro atoms. The maximum atomic E-state index is 15.2. The fourth-order valence-electron chi connectivity index (χ4n) is 5.85. The minimum Gasteiger partial charge on any atom is -0.507 e. The standard InChI is InChI=1S/C32H29F4N9O5/c1-50-25-10-20(33)19(9-21(25)34)22-7-16(23(11-38-22)44-6-2-5-32(37,13-44)27(47)28(35)36)12-45-15-41-26-29(39-14-40-30(26)45)43-42-17-3-4-18(31(48)49)24(46)8-17/h3-4,7-11,14-15,27-28,46-47H,2,5-6,12-13,37H2,1H3,(H,48,49)/t27-,32-/m1/s1. The van der Waals surface area contributed by atoms with E-state index in [4.69, 9.17) is 15.6 Å². The van der Waals surface area contributed by atoms with Crippen molar-refractivity contribution >= 4 is 34.3 Å². The molecule has 1 fully saturated rings. The van der Waals surface area contributed by atoms with Gasteiger partial charge in [-0.05, 0) is 42.7 Å². The number of carboxylic acids is 1. The Morgan fingerprint density at radius 1 is 1.10 bits per heavy atom.